The number of halogens is 1. The molecule has 2 aliphatic carbocycles. The number of allylic oxidation sites excluding steroid dienone is 4. The van der Waals surface area contributed by atoms with Crippen molar-refractivity contribution in [2.75, 3.05) is 27.4 Å². The average molecular weight is 530 g/mol. The minimum Gasteiger partial charge on any atom is -0.493 e. The molecule has 1 aliphatic heterocycles. The lowest BCUT2D eigenvalue weighted by molar-refractivity contribution is -0.119. The van der Waals surface area contributed by atoms with Gasteiger partial charge in [0.05, 0.1) is 24.8 Å². The number of benzene rings is 1. The van der Waals surface area contributed by atoms with Gasteiger partial charge in [-0.15, -0.1) is 0 Å². The zero-order valence-corrected chi connectivity index (χ0v) is 24.2. The number of ketones is 2. The lowest BCUT2D eigenvalue weighted by Crippen LogP contribution is -2.45. The van der Waals surface area contributed by atoms with Crippen LogP contribution in [-0.4, -0.2) is 49.9 Å². The molecule has 3 aliphatic rings. The Hall–Kier alpha value is -2.31. The van der Waals surface area contributed by atoms with Gasteiger partial charge in [-0.3, -0.25) is 9.59 Å². The number of rotatable bonds is 7. The predicted molar refractivity (Wildman–Crippen MR) is 145 cm³/mol. The van der Waals surface area contributed by atoms with Crippen molar-refractivity contribution in [3.8, 4) is 11.5 Å². The average Bonchev–Trinajstić information content (AvgIpc) is 2.76. The van der Waals surface area contributed by atoms with Crippen LogP contribution < -0.4 is 9.47 Å². The number of hydrogen-bond acceptors (Lipinski definition) is 6. The van der Waals surface area contributed by atoms with Crippen molar-refractivity contribution in [2.24, 2.45) is 10.8 Å². The van der Waals surface area contributed by atoms with Crippen LogP contribution in [0.4, 0.5) is 0 Å². The first-order valence-corrected chi connectivity index (χ1v) is 13.5. The number of nitrogens with zero attached hydrogens (tertiary/aromatic N) is 1. The van der Waals surface area contributed by atoms with Gasteiger partial charge in [0.25, 0.3) is 0 Å². The van der Waals surface area contributed by atoms with Crippen molar-refractivity contribution in [2.45, 2.75) is 79.2 Å². The van der Waals surface area contributed by atoms with Crippen molar-refractivity contribution < 1.29 is 23.8 Å². The van der Waals surface area contributed by atoms with E-state index in [1.807, 2.05) is 26.0 Å². The fraction of sp³-hybridized carbons (Fsp3) is 0.600. The van der Waals surface area contributed by atoms with Crippen LogP contribution in [0.25, 0.3) is 0 Å². The Morgan fingerprint density at radius 3 is 1.95 bits per heavy atom. The molecule has 0 spiro atoms. The maximum Gasteiger partial charge on any atom is 0.180 e. The van der Waals surface area contributed by atoms with E-state index in [0.29, 0.717) is 53.7 Å². The van der Waals surface area contributed by atoms with Crippen LogP contribution in [0.15, 0.2) is 34.7 Å². The number of carbonyl (C=O) groups is 2. The first-order valence-electron chi connectivity index (χ1n) is 13.1. The highest BCUT2D eigenvalue weighted by molar-refractivity contribution is 6.32. The molecule has 1 aromatic carbocycles. The molecule has 0 bridgehead atoms. The third-order valence-corrected chi connectivity index (χ3v) is 7.76. The Morgan fingerprint density at radius 1 is 0.946 bits per heavy atom. The predicted octanol–water partition coefficient (Wildman–Crippen LogP) is 6.47. The Kier molecular flexibility index (Phi) is 7.57. The van der Waals surface area contributed by atoms with Gasteiger partial charge in [-0.25, -0.2) is 0 Å². The lowest BCUT2D eigenvalue weighted by Gasteiger charge is -2.49. The van der Waals surface area contributed by atoms with E-state index < -0.39 is 5.92 Å². The van der Waals surface area contributed by atoms with E-state index in [0.717, 1.165) is 29.8 Å². The minimum absolute atomic E-state index is 0.0837. The quantitative estimate of drug-likeness (QED) is 0.403. The summed E-state index contributed by atoms with van der Waals surface area (Å²) in [5.41, 5.74) is 3.85. The van der Waals surface area contributed by atoms with Gasteiger partial charge < -0.3 is 19.1 Å². The van der Waals surface area contributed by atoms with E-state index in [1.165, 1.54) is 0 Å². The number of Topliss-reactive ketones (excluding diaryl/α,β-unsaturated/α-hetero) is 2. The fourth-order valence-electron chi connectivity index (χ4n) is 6.09. The summed E-state index contributed by atoms with van der Waals surface area (Å²) in [5.74, 6) is 0.641. The molecule has 0 atom stereocenters. The van der Waals surface area contributed by atoms with E-state index in [9.17, 15) is 9.59 Å². The van der Waals surface area contributed by atoms with Gasteiger partial charge in [-0.1, -0.05) is 39.3 Å². The second-order valence-electron chi connectivity index (χ2n) is 12.4. The summed E-state index contributed by atoms with van der Waals surface area (Å²) in [7, 11) is 3.26. The second kappa shape index (κ2) is 10.1. The molecule has 0 aromatic heterocycles. The molecule has 37 heavy (non-hydrogen) atoms. The Balaban J connectivity index is 1.99. The van der Waals surface area contributed by atoms with Crippen LogP contribution in [0.1, 0.15) is 78.7 Å². The highest BCUT2D eigenvalue weighted by Crippen LogP contribution is 2.55. The van der Waals surface area contributed by atoms with Gasteiger partial charge in [-0.2, -0.15) is 0 Å². The number of ether oxygens (including phenoxy) is 3. The van der Waals surface area contributed by atoms with Crippen LogP contribution in [0.3, 0.4) is 0 Å². The molecule has 0 radical (unpaired) electrons. The molecular formula is C30H40ClNO5. The molecule has 0 saturated heterocycles. The second-order valence-corrected chi connectivity index (χ2v) is 12.8. The van der Waals surface area contributed by atoms with Gasteiger partial charge in [0.15, 0.2) is 23.1 Å². The number of methoxy groups -OCH3 is 2. The molecule has 6 nitrogen and oxygen atoms in total. The van der Waals surface area contributed by atoms with Crippen LogP contribution in [-0.2, 0) is 14.3 Å². The molecule has 7 heteroatoms. The summed E-state index contributed by atoms with van der Waals surface area (Å²) in [6.07, 6.45) is 2.27. The molecule has 1 aromatic rings. The Labute approximate surface area is 226 Å². The molecule has 202 valence electrons. The molecule has 0 amide bonds. The largest absolute Gasteiger partial charge is 0.493 e. The third kappa shape index (κ3) is 5.33. The van der Waals surface area contributed by atoms with E-state index in [2.05, 4.69) is 32.6 Å². The van der Waals surface area contributed by atoms with Gasteiger partial charge in [0.2, 0.25) is 0 Å². The van der Waals surface area contributed by atoms with Crippen LogP contribution in [0, 0.1) is 10.8 Å². The van der Waals surface area contributed by atoms with Gasteiger partial charge >= 0.3 is 0 Å². The molecule has 4 rings (SSSR count). The zero-order chi connectivity index (χ0) is 27.3. The van der Waals surface area contributed by atoms with Crippen LogP contribution >= 0.6 is 11.6 Å². The van der Waals surface area contributed by atoms with E-state index in [-0.39, 0.29) is 28.5 Å². The normalized spacial score (nSPS) is 21.4. The van der Waals surface area contributed by atoms with Crippen molar-refractivity contribution in [3.63, 3.8) is 0 Å². The van der Waals surface area contributed by atoms with Gasteiger partial charge in [0.1, 0.15) is 0 Å². The van der Waals surface area contributed by atoms with E-state index in [1.54, 1.807) is 14.2 Å². The van der Waals surface area contributed by atoms with E-state index >= 15 is 0 Å². The van der Waals surface area contributed by atoms with Gasteiger partial charge in [-0.05, 0) is 55.2 Å². The van der Waals surface area contributed by atoms with Crippen molar-refractivity contribution in [3.05, 3.63) is 45.3 Å². The molecule has 0 saturated carbocycles. The van der Waals surface area contributed by atoms with Crippen molar-refractivity contribution in [1.29, 1.82) is 0 Å². The summed E-state index contributed by atoms with van der Waals surface area (Å²) >= 11 is 6.75. The summed E-state index contributed by atoms with van der Waals surface area (Å²) < 4.78 is 17.1. The first-order chi connectivity index (χ1) is 17.3. The molecule has 0 fully saturated rings. The van der Waals surface area contributed by atoms with Gasteiger partial charge in [0, 0.05) is 55.0 Å². The molecule has 0 N–H and O–H groups in total. The summed E-state index contributed by atoms with van der Waals surface area (Å²) in [4.78, 5) is 30.0. The topological polar surface area (TPSA) is 65.1 Å². The van der Waals surface area contributed by atoms with Crippen LogP contribution in [0.2, 0.25) is 5.02 Å². The summed E-state index contributed by atoms with van der Waals surface area (Å²) in [6.45, 7) is 13.5. The monoisotopic (exact) mass is 529 g/mol. The summed E-state index contributed by atoms with van der Waals surface area (Å²) in [6, 6.07) is 3.72. The van der Waals surface area contributed by atoms with Crippen molar-refractivity contribution >= 4 is 23.2 Å². The standard InChI is InChI=1S/C30H40ClNO5/c1-17(2)37-28-19(31)11-18(12-24(28)36-8)25-26-20(13-29(3,4)15-22(26)33)32(9-10-35-7)21-14-30(5,6)16-23(34)27(21)25/h11-12,17,25H,9-10,13-16H2,1-8H3. The Morgan fingerprint density at radius 2 is 1.49 bits per heavy atom. The fourth-order valence-corrected chi connectivity index (χ4v) is 6.35. The highest BCUT2D eigenvalue weighted by Gasteiger charge is 2.49. The number of carbonyl (C=O) groups excluding carboxylic acids is 2. The lowest BCUT2D eigenvalue weighted by atomic mass is 9.63. The minimum atomic E-state index is -0.490. The van der Waals surface area contributed by atoms with E-state index in [4.69, 9.17) is 25.8 Å². The number of hydrogen-bond donors (Lipinski definition) is 0. The summed E-state index contributed by atoms with van der Waals surface area (Å²) in [5, 5.41) is 0.404. The van der Waals surface area contributed by atoms with Crippen molar-refractivity contribution in [1.82, 2.24) is 4.90 Å². The molecule has 0 unspecified atom stereocenters. The highest BCUT2D eigenvalue weighted by atomic mass is 35.5. The molecule has 1 heterocycles. The maximum atomic E-state index is 13.9. The van der Waals surface area contributed by atoms with Crippen LogP contribution in [0.5, 0.6) is 11.5 Å². The first kappa shape index (κ1) is 27.7. The maximum absolute atomic E-state index is 13.9. The smallest absolute Gasteiger partial charge is 0.180 e. The third-order valence-electron chi connectivity index (χ3n) is 7.48. The SMILES string of the molecule is COCCN1C2=C(C(=O)CC(C)(C)C2)C(c2cc(Cl)c(OC(C)C)c(OC)c2)C2=C1CC(C)(C)CC2=O. The zero-order valence-electron chi connectivity index (χ0n) is 23.4. The Bertz CT molecular complexity index is 1120. The molecular weight excluding hydrogens is 490 g/mol.